The fraction of sp³-hybridized carbons (Fsp3) is 0.591. The Balaban J connectivity index is 1.69. The van der Waals surface area contributed by atoms with E-state index in [0.29, 0.717) is 17.6 Å². The van der Waals surface area contributed by atoms with Crippen LogP contribution in [-0.2, 0) is 5.41 Å². The number of fused-ring (bicyclic) bond motifs is 5. The lowest BCUT2D eigenvalue weighted by atomic mass is 9.60. The first-order valence-electron chi connectivity index (χ1n) is 9.63. The number of rotatable bonds is 1. The first kappa shape index (κ1) is 14.0. The molecule has 0 aromatic heterocycles. The average Bonchev–Trinajstić information content (AvgIpc) is 3.20. The quantitative estimate of drug-likeness (QED) is 0.622. The van der Waals surface area contributed by atoms with Crippen LogP contribution in [0.1, 0.15) is 85.2 Å². The topological polar surface area (TPSA) is 17.1 Å². The maximum absolute atomic E-state index is 12.6. The molecule has 4 aliphatic rings. The predicted molar refractivity (Wildman–Crippen MR) is 92.9 cm³/mol. The average molecular weight is 306 g/mol. The molecule has 0 amide bonds. The number of hydrogen-bond acceptors (Lipinski definition) is 1. The van der Waals surface area contributed by atoms with Gasteiger partial charge in [0.25, 0.3) is 0 Å². The molecule has 1 heteroatoms. The molecule has 23 heavy (non-hydrogen) atoms. The summed E-state index contributed by atoms with van der Waals surface area (Å²) >= 11 is 0. The van der Waals surface area contributed by atoms with Gasteiger partial charge in [-0.1, -0.05) is 49.6 Å². The van der Waals surface area contributed by atoms with Crippen molar-refractivity contribution in [1.29, 1.82) is 0 Å². The molecule has 1 aromatic carbocycles. The summed E-state index contributed by atoms with van der Waals surface area (Å²) in [4.78, 5) is 12.6. The molecule has 2 saturated carbocycles. The van der Waals surface area contributed by atoms with E-state index < -0.39 is 0 Å². The highest BCUT2D eigenvalue weighted by atomic mass is 16.1. The Morgan fingerprint density at radius 3 is 2.65 bits per heavy atom. The Labute approximate surface area is 139 Å². The molecule has 0 heterocycles. The minimum absolute atomic E-state index is 0.288. The summed E-state index contributed by atoms with van der Waals surface area (Å²) in [7, 11) is 0. The van der Waals surface area contributed by atoms with Crippen molar-refractivity contribution in [3.05, 3.63) is 47.0 Å². The molecule has 120 valence electrons. The van der Waals surface area contributed by atoms with Gasteiger partial charge in [-0.15, -0.1) is 0 Å². The van der Waals surface area contributed by atoms with Gasteiger partial charge in [0.2, 0.25) is 0 Å². The van der Waals surface area contributed by atoms with Crippen LogP contribution in [0, 0.1) is 11.8 Å². The van der Waals surface area contributed by atoms with Crippen molar-refractivity contribution >= 4 is 5.78 Å². The Hall–Kier alpha value is -1.37. The lowest BCUT2D eigenvalue weighted by molar-refractivity contribution is 0.0943. The van der Waals surface area contributed by atoms with Gasteiger partial charge < -0.3 is 0 Å². The molecule has 0 aliphatic heterocycles. The molecule has 4 aliphatic carbocycles. The van der Waals surface area contributed by atoms with Gasteiger partial charge in [0, 0.05) is 17.4 Å². The maximum Gasteiger partial charge on any atom is 0.163 e. The van der Waals surface area contributed by atoms with Crippen molar-refractivity contribution in [3.63, 3.8) is 0 Å². The lowest BCUT2D eigenvalue weighted by Crippen LogP contribution is -2.38. The second-order valence-corrected chi connectivity index (χ2v) is 8.38. The third-order valence-electron chi connectivity index (χ3n) is 7.25. The van der Waals surface area contributed by atoms with E-state index in [1.54, 1.807) is 5.56 Å². The molecule has 0 saturated heterocycles. The van der Waals surface area contributed by atoms with Crippen LogP contribution in [0.25, 0.3) is 0 Å². The van der Waals surface area contributed by atoms with E-state index in [-0.39, 0.29) is 5.41 Å². The van der Waals surface area contributed by atoms with Gasteiger partial charge in [0.15, 0.2) is 5.78 Å². The normalized spacial score (nSPS) is 35.9. The number of allylic oxidation sites excluding steroid dienone is 2. The summed E-state index contributed by atoms with van der Waals surface area (Å²) in [6.45, 7) is 0. The summed E-state index contributed by atoms with van der Waals surface area (Å²) in [5, 5.41) is 0. The zero-order chi connectivity index (χ0) is 15.4. The van der Waals surface area contributed by atoms with Crippen LogP contribution in [-0.4, -0.2) is 5.78 Å². The third kappa shape index (κ3) is 1.95. The van der Waals surface area contributed by atoms with Crippen molar-refractivity contribution in [2.45, 2.75) is 69.1 Å². The summed E-state index contributed by atoms with van der Waals surface area (Å²) in [5.41, 5.74) is 4.42. The predicted octanol–water partition coefficient (Wildman–Crippen LogP) is 5.54. The minimum Gasteiger partial charge on any atom is -0.294 e. The van der Waals surface area contributed by atoms with E-state index in [0.717, 1.165) is 24.3 Å². The lowest BCUT2D eigenvalue weighted by Gasteiger charge is -2.43. The minimum atomic E-state index is 0.288. The van der Waals surface area contributed by atoms with Crippen molar-refractivity contribution in [2.24, 2.45) is 11.8 Å². The molecule has 2 bridgehead atoms. The van der Waals surface area contributed by atoms with Crippen LogP contribution < -0.4 is 0 Å². The first-order chi connectivity index (χ1) is 11.3. The van der Waals surface area contributed by atoms with Crippen LogP contribution >= 0.6 is 0 Å². The molecule has 1 aromatic rings. The molecule has 3 unspecified atom stereocenters. The molecule has 1 nitrogen and oxygen atoms in total. The van der Waals surface area contributed by atoms with Gasteiger partial charge in [0.1, 0.15) is 0 Å². The number of ketones is 1. The smallest absolute Gasteiger partial charge is 0.163 e. The molecule has 2 fully saturated rings. The Kier molecular flexibility index (Phi) is 3.08. The van der Waals surface area contributed by atoms with Crippen LogP contribution in [0.3, 0.4) is 0 Å². The van der Waals surface area contributed by atoms with E-state index in [4.69, 9.17) is 0 Å². The van der Waals surface area contributed by atoms with E-state index in [1.807, 2.05) is 0 Å². The summed E-state index contributed by atoms with van der Waals surface area (Å²) in [5.74, 6) is 2.55. The van der Waals surface area contributed by atoms with Gasteiger partial charge >= 0.3 is 0 Å². The van der Waals surface area contributed by atoms with Crippen LogP contribution in [0.15, 0.2) is 30.4 Å². The first-order valence-corrected chi connectivity index (χ1v) is 9.63. The second kappa shape index (κ2) is 5.06. The second-order valence-electron chi connectivity index (χ2n) is 8.38. The highest BCUT2D eigenvalue weighted by molar-refractivity contribution is 5.99. The number of carbonyl (C=O) groups excluding carboxylic acids is 1. The fourth-order valence-electron chi connectivity index (χ4n) is 6.24. The highest BCUT2D eigenvalue weighted by Crippen LogP contribution is 2.59. The summed E-state index contributed by atoms with van der Waals surface area (Å²) in [6, 6.07) is 6.65. The Bertz CT molecular complexity index is 679. The van der Waals surface area contributed by atoms with Gasteiger partial charge in [-0.2, -0.15) is 0 Å². The molecular weight excluding hydrogens is 280 g/mol. The number of hydrogen-bond donors (Lipinski definition) is 0. The standard InChI is InChI=1S/C22H26O/c23-20-11-12-22(14-15-9-10-17(22)13-15)21-18(7-4-8-19(20)21)16-5-2-1-3-6-16/h4,7-10,15-17H,1-3,5-6,11-14H2. The summed E-state index contributed by atoms with van der Waals surface area (Å²) < 4.78 is 0. The summed E-state index contributed by atoms with van der Waals surface area (Å²) in [6.07, 6.45) is 16.2. The van der Waals surface area contributed by atoms with Gasteiger partial charge in [0.05, 0.1) is 0 Å². The largest absolute Gasteiger partial charge is 0.294 e. The molecule has 0 N–H and O–H groups in total. The number of benzene rings is 1. The van der Waals surface area contributed by atoms with Crippen molar-refractivity contribution in [2.75, 3.05) is 0 Å². The zero-order valence-electron chi connectivity index (χ0n) is 13.9. The fourth-order valence-corrected chi connectivity index (χ4v) is 6.24. The Morgan fingerprint density at radius 1 is 1.04 bits per heavy atom. The van der Waals surface area contributed by atoms with Gasteiger partial charge in [-0.3, -0.25) is 4.79 Å². The number of carbonyl (C=O) groups is 1. The molecular formula is C22H26O. The molecule has 1 spiro atoms. The molecule has 5 rings (SSSR count). The molecule has 3 atom stereocenters. The van der Waals surface area contributed by atoms with Crippen molar-refractivity contribution < 1.29 is 4.79 Å². The van der Waals surface area contributed by atoms with Gasteiger partial charge in [-0.05, 0) is 61.0 Å². The Morgan fingerprint density at radius 2 is 1.91 bits per heavy atom. The van der Waals surface area contributed by atoms with Gasteiger partial charge in [-0.25, -0.2) is 0 Å². The zero-order valence-corrected chi connectivity index (χ0v) is 13.9. The monoisotopic (exact) mass is 306 g/mol. The molecule has 0 radical (unpaired) electrons. The third-order valence-corrected chi connectivity index (χ3v) is 7.25. The highest BCUT2D eigenvalue weighted by Gasteiger charge is 2.53. The van der Waals surface area contributed by atoms with Crippen LogP contribution in [0.2, 0.25) is 0 Å². The van der Waals surface area contributed by atoms with E-state index >= 15 is 0 Å². The number of Topliss-reactive ketones (excluding diaryl/α,β-unsaturated/α-hetero) is 1. The van der Waals surface area contributed by atoms with Crippen molar-refractivity contribution in [3.8, 4) is 0 Å². The van der Waals surface area contributed by atoms with Crippen LogP contribution in [0.4, 0.5) is 0 Å². The van der Waals surface area contributed by atoms with E-state index in [2.05, 4.69) is 30.4 Å². The maximum atomic E-state index is 12.6. The van der Waals surface area contributed by atoms with Crippen molar-refractivity contribution in [1.82, 2.24) is 0 Å². The van der Waals surface area contributed by atoms with E-state index in [9.17, 15) is 4.79 Å². The van der Waals surface area contributed by atoms with Crippen LogP contribution in [0.5, 0.6) is 0 Å². The van der Waals surface area contributed by atoms with E-state index in [1.165, 1.54) is 50.5 Å². The SMILES string of the molecule is O=C1CCC2(CC3C=CC2C3)c2c1cccc2C1CCCCC1.